The van der Waals surface area contributed by atoms with Crippen molar-refractivity contribution in [3.8, 4) is 0 Å². The summed E-state index contributed by atoms with van der Waals surface area (Å²) in [6.45, 7) is 0. The molecule has 0 bridgehead atoms. The van der Waals surface area contributed by atoms with Crippen LogP contribution in [0.25, 0.3) is 0 Å². The normalized spacial score (nSPS) is 16.5. The van der Waals surface area contributed by atoms with Crippen molar-refractivity contribution in [2.75, 3.05) is 0 Å². The molecular formula is C7H9NiO3. The van der Waals surface area contributed by atoms with Gasteiger partial charge in [0.25, 0.3) is 0 Å². The standard InChI is InChI=1S/C6H9O.CO2.Ni/c7-5-6-3-1-2-4-6;2-1-3;/h6H,1-4H2;;. The van der Waals surface area contributed by atoms with Crippen LogP contribution in [0.4, 0.5) is 0 Å². The van der Waals surface area contributed by atoms with Gasteiger partial charge in [0.2, 0.25) is 0 Å². The van der Waals surface area contributed by atoms with Crippen molar-refractivity contribution in [1.29, 1.82) is 0 Å². The zero-order valence-corrected chi connectivity index (χ0v) is 6.93. The molecule has 0 aromatic carbocycles. The molecule has 0 atom stereocenters. The Bertz CT molecular complexity index is 155. The van der Waals surface area contributed by atoms with E-state index in [1.165, 1.54) is 12.8 Å². The summed E-state index contributed by atoms with van der Waals surface area (Å²) in [5.41, 5.74) is 0. The fourth-order valence-corrected chi connectivity index (χ4v) is 1.42. The third-order valence-corrected chi connectivity index (χ3v) is 2.05. The summed E-state index contributed by atoms with van der Waals surface area (Å²) in [6, 6.07) is 0. The Morgan fingerprint density at radius 3 is 1.82 bits per heavy atom. The summed E-state index contributed by atoms with van der Waals surface area (Å²) < 4.78 is 0.0162. The van der Waals surface area contributed by atoms with Gasteiger partial charge in [0, 0.05) is 0 Å². The first-order valence-electron chi connectivity index (χ1n) is 3.38. The van der Waals surface area contributed by atoms with Gasteiger partial charge in [0.15, 0.2) is 0 Å². The van der Waals surface area contributed by atoms with Crippen molar-refractivity contribution in [2.24, 2.45) is 5.92 Å². The molecule has 0 amide bonds. The van der Waals surface area contributed by atoms with Crippen LogP contribution in [-0.4, -0.2) is 10.9 Å². The van der Waals surface area contributed by atoms with E-state index in [1.807, 2.05) is 0 Å². The number of hydrogen-bond acceptors (Lipinski definition) is 3. The molecule has 4 heteroatoms. The molecule has 1 saturated carbocycles. The van der Waals surface area contributed by atoms with Gasteiger partial charge in [-0.1, -0.05) is 0 Å². The minimum atomic E-state index is 0.0162. The molecule has 0 aliphatic heterocycles. The van der Waals surface area contributed by atoms with Gasteiger partial charge in [-0.3, -0.25) is 0 Å². The fourth-order valence-electron chi connectivity index (χ4n) is 1.13. The monoisotopic (exact) mass is 199 g/mol. The third-order valence-electron chi connectivity index (χ3n) is 1.65. The molecule has 0 unspecified atom stereocenters. The maximum absolute atomic E-state index is 10.5. The van der Waals surface area contributed by atoms with Crippen molar-refractivity contribution in [3.63, 3.8) is 0 Å². The molecule has 11 heavy (non-hydrogen) atoms. The van der Waals surface area contributed by atoms with Crippen molar-refractivity contribution in [1.82, 2.24) is 0 Å². The van der Waals surface area contributed by atoms with Gasteiger partial charge >= 0.3 is 62.8 Å². The average molecular weight is 200 g/mol. The van der Waals surface area contributed by atoms with Gasteiger partial charge in [-0.2, -0.15) is 9.59 Å². The Hall–Kier alpha value is -0.456. The van der Waals surface area contributed by atoms with E-state index < -0.39 is 0 Å². The van der Waals surface area contributed by atoms with E-state index in [-0.39, 0.29) is 16.8 Å². The maximum atomic E-state index is 10.5. The Morgan fingerprint density at radius 1 is 1.27 bits per heavy atom. The van der Waals surface area contributed by atoms with Crippen molar-refractivity contribution in [2.45, 2.75) is 25.7 Å². The molecule has 1 aliphatic rings. The summed E-state index contributed by atoms with van der Waals surface area (Å²) in [6.07, 6.45) is 4.78. The van der Waals surface area contributed by atoms with Crippen LogP contribution in [0.1, 0.15) is 25.7 Å². The molecule has 0 N–H and O–H groups in total. The number of carbonyl (C=O) groups is 1. The van der Waals surface area contributed by atoms with Gasteiger partial charge in [0.1, 0.15) is 0 Å². The molecule has 0 saturated heterocycles. The molecule has 0 aromatic heterocycles. The van der Waals surface area contributed by atoms with Crippen LogP contribution in [0.5, 0.6) is 0 Å². The molecule has 0 heterocycles. The molecule has 0 aromatic rings. The van der Waals surface area contributed by atoms with E-state index >= 15 is 0 Å². The predicted octanol–water partition coefficient (Wildman–Crippen LogP) is 0.667. The first-order chi connectivity index (χ1) is 5.22. The molecule has 65 valence electrons. The van der Waals surface area contributed by atoms with Crippen LogP contribution in [0.3, 0.4) is 0 Å². The third kappa shape index (κ3) is 4.89. The summed E-state index contributed by atoms with van der Waals surface area (Å²) in [5.74, 6) is 0.259. The number of hydrogen-bond donors (Lipinski definition) is 0. The van der Waals surface area contributed by atoms with E-state index in [0.717, 1.165) is 12.8 Å². The first-order valence-corrected chi connectivity index (χ1v) is 3.87. The Labute approximate surface area is 72.9 Å². The zero-order valence-electron chi connectivity index (χ0n) is 5.95. The van der Waals surface area contributed by atoms with E-state index in [0.29, 0.717) is 0 Å². The van der Waals surface area contributed by atoms with E-state index in [4.69, 9.17) is 9.59 Å². The molecule has 1 aliphatic carbocycles. The number of carbonyl (C=O) groups excluding carboxylic acids is 3. The van der Waals surface area contributed by atoms with Gasteiger partial charge < -0.3 is 0 Å². The topological polar surface area (TPSA) is 51.2 Å². The Balaban J connectivity index is 0.000000292. The second-order valence-corrected chi connectivity index (χ2v) is 2.83. The second kappa shape index (κ2) is 6.27. The fraction of sp³-hybridized carbons (Fsp3) is 0.714. The summed E-state index contributed by atoms with van der Waals surface area (Å²) in [4.78, 5) is 26.7. The van der Waals surface area contributed by atoms with Crippen LogP contribution in [-0.2, 0) is 29.8 Å². The zero-order chi connectivity index (χ0) is 8.69. The van der Waals surface area contributed by atoms with Gasteiger partial charge in [-0.05, 0) is 0 Å². The van der Waals surface area contributed by atoms with Crippen LogP contribution < -0.4 is 0 Å². The van der Waals surface area contributed by atoms with Crippen molar-refractivity contribution >= 4 is 10.9 Å². The molecule has 3 nitrogen and oxygen atoms in total. The Morgan fingerprint density at radius 2 is 1.64 bits per heavy atom. The second-order valence-electron chi connectivity index (χ2n) is 2.34. The van der Waals surface area contributed by atoms with Crippen molar-refractivity contribution in [3.05, 3.63) is 0 Å². The van der Waals surface area contributed by atoms with Gasteiger partial charge in [0.05, 0.1) is 0 Å². The van der Waals surface area contributed by atoms with Crippen LogP contribution in [0.15, 0.2) is 0 Å². The molecule has 0 radical (unpaired) electrons. The molecule has 1 fully saturated rings. The summed E-state index contributed by atoms with van der Waals surface area (Å²) in [7, 11) is 0. The quantitative estimate of drug-likeness (QED) is 0.584. The van der Waals surface area contributed by atoms with Crippen molar-refractivity contribution < 1.29 is 29.8 Å². The Kier molecular flexibility index (Phi) is 6.01. The van der Waals surface area contributed by atoms with Gasteiger partial charge in [-0.15, -0.1) is 0 Å². The van der Waals surface area contributed by atoms with Gasteiger partial charge in [-0.25, -0.2) is 0 Å². The van der Waals surface area contributed by atoms with Crippen LogP contribution in [0, 0.1) is 5.92 Å². The molecular weight excluding hydrogens is 191 g/mol. The van der Waals surface area contributed by atoms with E-state index in [9.17, 15) is 4.79 Å². The first kappa shape index (κ1) is 10.5. The number of rotatable bonds is 1. The van der Waals surface area contributed by atoms with E-state index in [1.54, 1.807) is 0 Å². The average Bonchev–Trinajstić information content (AvgIpc) is 2.38. The van der Waals surface area contributed by atoms with Crippen LogP contribution in [0.2, 0.25) is 0 Å². The summed E-state index contributed by atoms with van der Waals surface area (Å²) in [5, 5.41) is 0. The predicted molar refractivity (Wildman–Crippen MR) is 32.0 cm³/mol. The summed E-state index contributed by atoms with van der Waals surface area (Å²) >= 11 is 4.22. The molecule has 1 rings (SSSR count). The molecule has 0 spiro atoms. The SMILES string of the molecule is O=C=O.O=[C]([Ni])C1CCCC1. The minimum absolute atomic E-state index is 0.0162. The van der Waals surface area contributed by atoms with Crippen LogP contribution >= 0.6 is 0 Å². The van der Waals surface area contributed by atoms with E-state index in [2.05, 4.69) is 15.5 Å².